The van der Waals surface area contributed by atoms with Crippen LogP contribution in [0.15, 0.2) is 41.6 Å². The number of fused-ring (bicyclic) bond motifs is 3. The Kier molecular flexibility index (Phi) is 6.38. The number of carbonyl (C=O) groups excluding carboxylic acids is 1. The molecular formula is C22H21ClN4O4S. The van der Waals surface area contributed by atoms with Gasteiger partial charge in [-0.1, -0.05) is 48.5 Å². The number of carbonyl (C=O) groups is 1. The van der Waals surface area contributed by atoms with Crippen LogP contribution in [0, 0.1) is 0 Å². The molecule has 0 bridgehead atoms. The third kappa shape index (κ3) is 3.93. The lowest BCUT2D eigenvalue weighted by Crippen LogP contribution is -2.36. The Morgan fingerprint density at radius 2 is 1.91 bits per heavy atom. The van der Waals surface area contributed by atoms with E-state index in [0.717, 1.165) is 5.75 Å². The Hall–Kier alpha value is -3.04. The molecule has 10 heteroatoms. The van der Waals surface area contributed by atoms with Gasteiger partial charge in [-0.15, -0.1) is 10.2 Å². The van der Waals surface area contributed by atoms with Crippen molar-refractivity contribution in [3.05, 3.63) is 47.0 Å². The number of benzene rings is 2. The number of halogens is 1. The third-order valence-electron chi connectivity index (χ3n) is 4.89. The molecule has 0 unspecified atom stereocenters. The van der Waals surface area contributed by atoms with Gasteiger partial charge in [-0.05, 0) is 17.9 Å². The number of hydrogen-bond acceptors (Lipinski definition) is 8. The molecule has 3 aromatic rings. The molecule has 0 radical (unpaired) electrons. The Bertz CT molecular complexity index is 1180. The predicted molar refractivity (Wildman–Crippen MR) is 123 cm³/mol. The molecule has 8 nitrogen and oxygen atoms in total. The van der Waals surface area contributed by atoms with Crippen molar-refractivity contribution in [1.29, 1.82) is 0 Å². The number of aromatic nitrogens is 3. The number of methoxy groups -OCH3 is 2. The average Bonchev–Trinajstić information content (AvgIpc) is 2.93. The molecular weight excluding hydrogens is 452 g/mol. The zero-order valence-corrected chi connectivity index (χ0v) is 19.5. The second-order valence-corrected chi connectivity index (χ2v) is 8.42. The van der Waals surface area contributed by atoms with Crippen LogP contribution in [-0.2, 0) is 4.79 Å². The summed E-state index contributed by atoms with van der Waals surface area (Å²) in [6, 6.07) is 10.7. The Morgan fingerprint density at radius 3 is 2.59 bits per heavy atom. The van der Waals surface area contributed by atoms with Gasteiger partial charge >= 0.3 is 0 Å². The number of anilines is 1. The van der Waals surface area contributed by atoms with Crippen LogP contribution in [0.3, 0.4) is 0 Å². The van der Waals surface area contributed by atoms with Gasteiger partial charge in [0.25, 0.3) is 0 Å². The van der Waals surface area contributed by atoms with E-state index in [0.29, 0.717) is 44.2 Å². The smallest absolute Gasteiger partial charge is 0.247 e. The quantitative estimate of drug-likeness (QED) is 0.491. The third-order valence-corrected chi connectivity index (χ3v) is 5.94. The number of amides is 1. The van der Waals surface area contributed by atoms with Gasteiger partial charge in [0.05, 0.1) is 24.9 Å². The Balaban J connectivity index is 1.97. The van der Waals surface area contributed by atoms with Crippen LogP contribution < -0.4 is 19.1 Å². The summed E-state index contributed by atoms with van der Waals surface area (Å²) in [5.41, 5.74) is 2.27. The highest BCUT2D eigenvalue weighted by molar-refractivity contribution is 7.99. The fraction of sp³-hybridized carbons (Fsp3) is 0.273. The van der Waals surface area contributed by atoms with Crippen LogP contribution >= 0.6 is 23.4 Å². The molecule has 32 heavy (non-hydrogen) atoms. The Labute approximate surface area is 194 Å². The minimum absolute atomic E-state index is 0.239. The van der Waals surface area contributed by atoms with Gasteiger partial charge in [-0.25, -0.2) is 0 Å². The predicted octanol–water partition coefficient (Wildman–Crippen LogP) is 4.77. The zero-order chi connectivity index (χ0) is 22.8. The standard InChI is InChI=1S/C22H21ClN4O4S/c1-5-32-22-24-20-19(25-26-22)13-8-6-7-9-16(13)27(12(2)28)21(31-20)14-10-17(29-3)18(30-4)11-15(14)23/h6-11,21H,5H2,1-4H3/t21-/m0/s1. The molecule has 0 aliphatic carbocycles. The van der Waals surface area contributed by atoms with Gasteiger partial charge in [0.15, 0.2) is 17.2 Å². The second kappa shape index (κ2) is 9.22. The normalized spacial score (nSPS) is 14.7. The maximum Gasteiger partial charge on any atom is 0.247 e. The fourth-order valence-electron chi connectivity index (χ4n) is 3.50. The van der Waals surface area contributed by atoms with Crippen LogP contribution in [0.1, 0.15) is 25.6 Å². The molecule has 1 atom stereocenters. The molecule has 4 rings (SSSR count). The average molecular weight is 473 g/mol. The number of thioether (sulfide) groups is 1. The number of ether oxygens (including phenoxy) is 3. The molecule has 1 amide bonds. The van der Waals surface area contributed by atoms with Crippen LogP contribution in [-0.4, -0.2) is 41.1 Å². The number of rotatable bonds is 5. The summed E-state index contributed by atoms with van der Waals surface area (Å²) < 4.78 is 17.1. The lowest BCUT2D eigenvalue weighted by atomic mass is 10.1. The molecule has 2 aromatic carbocycles. The van der Waals surface area contributed by atoms with E-state index in [1.165, 1.54) is 37.8 Å². The first kappa shape index (κ1) is 22.2. The molecule has 1 aliphatic rings. The molecule has 0 saturated heterocycles. The number of nitrogens with zero attached hydrogens (tertiary/aromatic N) is 4. The maximum atomic E-state index is 12.9. The second-order valence-electron chi connectivity index (χ2n) is 6.79. The van der Waals surface area contributed by atoms with E-state index < -0.39 is 6.23 Å². The van der Waals surface area contributed by atoms with Gasteiger partial charge in [-0.3, -0.25) is 9.69 Å². The van der Waals surface area contributed by atoms with E-state index in [1.54, 1.807) is 12.1 Å². The lowest BCUT2D eigenvalue weighted by Gasteiger charge is -2.30. The molecule has 2 heterocycles. The molecule has 166 valence electrons. The van der Waals surface area contributed by atoms with E-state index in [1.807, 2.05) is 31.2 Å². The van der Waals surface area contributed by atoms with Crippen molar-refractivity contribution in [2.45, 2.75) is 25.2 Å². The summed E-state index contributed by atoms with van der Waals surface area (Å²) in [5.74, 6) is 1.73. The van der Waals surface area contributed by atoms with Crippen LogP contribution in [0.25, 0.3) is 11.3 Å². The Morgan fingerprint density at radius 1 is 1.19 bits per heavy atom. The zero-order valence-electron chi connectivity index (χ0n) is 18.0. The molecule has 1 aromatic heterocycles. The molecule has 0 N–H and O–H groups in total. The summed E-state index contributed by atoms with van der Waals surface area (Å²) in [6.45, 7) is 3.47. The van der Waals surface area contributed by atoms with Crippen molar-refractivity contribution in [1.82, 2.24) is 15.2 Å². The monoisotopic (exact) mass is 472 g/mol. The minimum Gasteiger partial charge on any atom is -0.493 e. The van der Waals surface area contributed by atoms with Gasteiger partial charge in [0.2, 0.25) is 23.2 Å². The van der Waals surface area contributed by atoms with E-state index in [2.05, 4.69) is 15.2 Å². The first-order valence-electron chi connectivity index (χ1n) is 9.83. The van der Waals surface area contributed by atoms with Crippen LogP contribution in [0.2, 0.25) is 5.02 Å². The van der Waals surface area contributed by atoms with Crippen molar-refractivity contribution in [2.75, 3.05) is 24.9 Å². The summed E-state index contributed by atoms with van der Waals surface area (Å²) in [4.78, 5) is 19.0. The van der Waals surface area contributed by atoms with Crippen LogP contribution in [0.5, 0.6) is 17.4 Å². The summed E-state index contributed by atoms with van der Waals surface area (Å²) in [7, 11) is 3.06. The summed E-state index contributed by atoms with van der Waals surface area (Å²) in [5, 5.41) is 9.42. The molecule has 0 spiro atoms. The van der Waals surface area contributed by atoms with Crippen molar-refractivity contribution in [3.8, 4) is 28.6 Å². The SMILES string of the molecule is CCSc1nnc2c(n1)O[C@@H](c1cc(OC)c(OC)cc1Cl)N(C(C)=O)c1ccccc1-2. The van der Waals surface area contributed by atoms with Crippen molar-refractivity contribution in [2.24, 2.45) is 0 Å². The van der Waals surface area contributed by atoms with E-state index in [9.17, 15) is 4.79 Å². The van der Waals surface area contributed by atoms with Gasteiger partial charge in [0.1, 0.15) is 0 Å². The minimum atomic E-state index is -0.918. The summed E-state index contributed by atoms with van der Waals surface area (Å²) >= 11 is 8.07. The van der Waals surface area contributed by atoms with E-state index in [4.69, 9.17) is 25.8 Å². The van der Waals surface area contributed by atoms with Gasteiger partial charge in [-0.2, -0.15) is 4.98 Å². The highest BCUT2D eigenvalue weighted by atomic mass is 35.5. The van der Waals surface area contributed by atoms with Crippen LogP contribution in [0.4, 0.5) is 5.69 Å². The van der Waals surface area contributed by atoms with Gasteiger partial charge < -0.3 is 14.2 Å². The largest absolute Gasteiger partial charge is 0.493 e. The first-order valence-corrected chi connectivity index (χ1v) is 11.2. The first-order chi connectivity index (χ1) is 15.5. The number of para-hydroxylation sites is 1. The topological polar surface area (TPSA) is 86.7 Å². The van der Waals surface area contributed by atoms with Crippen molar-refractivity contribution in [3.63, 3.8) is 0 Å². The van der Waals surface area contributed by atoms with Crippen molar-refractivity contribution >= 4 is 35.0 Å². The maximum absolute atomic E-state index is 12.9. The molecule has 0 saturated carbocycles. The van der Waals surface area contributed by atoms with E-state index in [-0.39, 0.29) is 11.8 Å². The molecule has 0 fully saturated rings. The van der Waals surface area contributed by atoms with Gasteiger partial charge in [0, 0.05) is 24.1 Å². The van der Waals surface area contributed by atoms with Crippen molar-refractivity contribution < 1.29 is 19.0 Å². The molecule has 1 aliphatic heterocycles. The summed E-state index contributed by atoms with van der Waals surface area (Å²) in [6.07, 6.45) is -0.918. The highest BCUT2D eigenvalue weighted by Gasteiger charge is 2.36. The fourth-order valence-corrected chi connectivity index (χ4v) is 4.26. The highest BCUT2D eigenvalue weighted by Crippen LogP contribution is 2.46. The number of hydrogen-bond donors (Lipinski definition) is 0. The van der Waals surface area contributed by atoms with E-state index >= 15 is 0 Å². The lowest BCUT2D eigenvalue weighted by molar-refractivity contribution is -0.118.